The highest BCUT2D eigenvalue weighted by Gasteiger charge is 2.31. The van der Waals surface area contributed by atoms with Gasteiger partial charge in [0.25, 0.3) is 5.89 Å². The minimum absolute atomic E-state index is 0.0583. The number of oxazole rings is 1. The predicted octanol–water partition coefficient (Wildman–Crippen LogP) is 4.61. The topological polar surface area (TPSA) is 98.5 Å². The zero-order chi connectivity index (χ0) is 24.9. The maximum Gasteiger partial charge on any atom is 0.266 e. The van der Waals surface area contributed by atoms with Gasteiger partial charge in [0.05, 0.1) is 12.3 Å². The van der Waals surface area contributed by atoms with Gasteiger partial charge < -0.3 is 19.1 Å². The number of carbonyl (C=O) groups is 1. The molecule has 0 spiro atoms. The first kappa shape index (κ1) is 24.1. The van der Waals surface area contributed by atoms with Crippen LogP contribution in [0.4, 0.5) is 5.88 Å². The summed E-state index contributed by atoms with van der Waals surface area (Å²) in [7, 11) is 0. The summed E-state index contributed by atoms with van der Waals surface area (Å²) in [5.41, 5.74) is 1.50. The Labute approximate surface area is 211 Å². The Morgan fingerprint density at radius 1 is 1.11 bits per heavy atom. The lowest BCUT2D eigenvalue weighted by Crippen LogP contribution is -2.45. The van der Waals surface area contributed by atoms with Crippen molar-refractivity contribution in [2.45, 2.75) is 38.6 Å². The third kappa shape index (κ3) is 5.31. The predicted molar refractivity (Wildman–Crippen MR) is 136 cm³/mol. The van der Waals surface area contributed by atoms with Crippen LogP contribution in [-0.2, 0) is 4.79 Å². The van der Waals surface area contributed by atoms with Gasteiger partial charge in [0.2, 0.25) is 17.5 Å². The molecule has 36 heavy (non-hydrogen) atoms. The van der Waals surface area contributed by atoms with Crippen LogP contribution in [0.2, 0.25) is 0 Å². The summed E-state index contributed by atoms with van der Waals surface area (Å²) in [6.07, 6.45) is 5.34. The molecular weight excluding hydrogens is 454 g/mol. The van der Waals surface area contributed by atoms with E-state index in [2.05, 4.69) is 52.5 Å². The highest BCUT2D eigenvalue weighted by Crippen LogP contribution is 2.32. The standard InChI is InChI=1S/C28H33N5O3/c1-20-9-13-32(14-10-20)24(21-6-3-2-4-7-21)19-30-26(34)22-11-15-33(16-12-22)28-23(18-29)31-27(36-28)25-8-5-17-35-25/h2-8,17,20,22,24H,9-16,19H2,1H3,(H,30,34). The molecule has 1 aromatic carbocycles. The molecule has 188 valence electrons. The quantitative estimate of drug-likeness (QED) is 0.519. The number of carbonyl (C=O) groups excluding carboxylic acids is 1. The monoisotopic (exact) mass is 487 g/mol. The summed E-state index contributed by atoms with van der Waals surface area (Å²) >= 11 is 0. The van der Waals surface area contributed by atoms with E-state index in [1.807, 2.05) is 11.0 Å². The molecule has 1 unspecified atom stereocenters. The average molecular weight is 488 g/mol. The number of amides is 1. The van der Waals surface area contributed by atoms with E-state index in [0.717, 1.165) is 19.0 Å². The van der Waals surface area contributed by atoms with Gasteiger partial charge in [-0.1, -0.05) is 37.3 Å². The molecule has 5 rings (SSSR count). The van der Waals surface area contributed by atoms with Gasteiger partial charge >= 0.3 is 0 Å². The Bertz CT molecular complexity index is 1170. The fourth-order valence-electron chi connectivity index (χ4n) is 5.26. The van der Waals surface area contributed by atoms with Gasteiger partial charge in [0.15, 0.2) is 5.76 Å². The Kier molecular flexibility index (Phi) is 7.38. The van der Waals surface area contributed by atoms with Crippen LogP contribution in [0.25, 0.3) is 11.7 Å². The van der Waals surface area contributed by atoms with Crippen LogP contribution in [0.3, 0.4) is 0 Å². The Morgan fingerprint density at radius 2 is 1.86 bits per heavy atom. The lowest BCUT2D eigenvalue weighted by Gasteiger charge is -2.37. The molecule has 1 N–H and O–H groups in total. The van der Waals surface area contributed by atoms with E-state index < -0.39 is 0 Å². The van der Waals surface area contributed by atoms with Crippen LogP contribution < -0.4 is 10.2 Å². The lowest BCUT2D eigenvalue weighted by molar-refractivity contribution is -0.125. The minimum Gasteiger partial charge on any atom is -0.459 e. The molecule has 0 bridgehead atoms. The number of furan rings is 1. The summed E-state index contributed by atoms with van der Waals surface area (Å²) < 4.78 is 11.2. The molecule has 1 amide bonds. The van der Waals surface area contributed by atoms with Crippen molar-refractivity contribution in [3.05, 3.63) is 60.0 Å². The number of hydrogen-bond acceptors (Lipinski definition) is 7. The van der Waals surface area contributed by atoms with Crippen LogP contribution >= 0.6 is 0 Å². The van der Waals surface area contributed by atoms with Gasteiger partial charge in [-0.05, 0) is 62.4 Å². The van der Waals surface area contributed by atoms with E-state index in [4.69, 9.17) is 8.83 Å². The van der Waals surface area contributed by atoms with Crippen molar-refractivity contribution >= 4 is 11.8 Å². The maximum atomic E-state index is 13.1. The van der Waals surface area contributed by atoms with E-state index in [0.29, 0.717) is 50.0 Å². The Hall–Kier alpha value is -3.57. The molecule has 2 fully saturated rings. The number of benzene rings is 1. The second-order valence-corrected chi connectivity index (χ2v) is 9.91. The van der Waals surface area contributed by atoms with Crippen LogP contribution in [0.5, 0.6) is 0 Å². The minimum atomic E-state index is -0.0583. The van der Waals surface area contributed by atoms with Crippen LogP contribution in [0.1, 0.15) is 49.9 Å². The summed E-state index contributed by atoms with van der Waals surface area (Å²) in [5.74, 6) is 2.05. The van der Waals surface area contributed by atoms with E-state index in [9.17, 15) is 10.1 Å². The average Bonchev–Trinajstić information content (AvgIpc) is 3.61. The SMILES string of the molecule is CC1CCN(C(CNC(=O)C2CCN(c3oc(-c4ccco4)nc3C#N)CC2)c2ccccc2)CC1. The molecule has 0 aliphatic carbocycles. The maximum absolute atomic E-state index is 13.1. The van der Waals surface area contributed by atoms with Crippen molar-refractivity contribution < 1.29 is 13.6 Å². The number of nitrogens with one attached hydrogen (secondary N) is 1. The molecule has 3 aromatic rings. The van der Waals surface area contributed by atoms with Crippen LogP contribution in [0, 0.1) is 23.2 Å². The largest absolute Gasteiger partial charge is 0.459 e. The van der Waals surface area contributed by atoms with E-state index in [1.165, 1.54) is 18.4 Å². The van der Waals surface area contributed by atoms with E-state index >= 15 is 0 Å². The first-order chi connectivity index (χ1) is 17.6. The van der Waals surface area contributed by atoms with Crippen LogP contribution in [0.15, 0.2) is 57.6 Å². The molecule has 2 aromatic heterocycles. The molecule has 8 nitrogen and oxygen atoms in total. The fourth-order valence-corrected chi connectivity index (χ4v) is 5.26. The molecule has 8 heteroatoms. The van der Waals surface area contributed by atoms with Crippen molar-refractivity contribution in [1.82, 2.24) is 15.2 Å². The number of nitriles is 1. The lowest BCUT2D eigenvalue weighted by atomic mass is 9.94. The highest BCUT2D eigenvalue weighted by atomic mass is 16.4. The summed E-state index contributed by atoms with van der Waals surface area (Å²) in [4.78, 5) is 21.9. The fraction of sp³-hybridized carbons (Fsp3) is 0.464. The number of rotatable bonds is 7. The van der Waals surface area contributed by atoms with Gasteiger partial charge in [0.1, 0.15) is 6.07 Å². The second kappa shape index (κ2) is 11.0. The number of anilines is 1. The number of hydrogen-bond donors (Lipinski definition) is 1. The number of nitrogens with zero attached hydrogens (tertiary/aromatic N) is 4. The molecule has 4 heterocycles. The molecule has 0 saturated carbocycles. The number of likely N-dealkylation sites (tertiary alicyclic amines) is 1. The molecule has 0 radical (unpaired) electrons. The van der Waals surface area contributed by atoms with Gasteiger partial charge in [-0.25, -0.2) is 0 Å². The molecular formula is C28H33N5O3. The summed E-state index contributed by atoms with van der Waals surface area (Å²) in [6.45, 7) is 6.32. The van der Waals surface area contributed by atoms with Gasteiger partial charge in [-0.2, -0.15) is 10.2 Å². The third-order valence-electron chi connectivity index (χ3n) is 7.51. The molecule has 2 saturated heterocycles. The van der Waals surface area contributed by atoms with Crippen molar-refractivity contribution in [3.8, 4) is 17.7 Å². The number of piperidine rings is 2. The normalized spacial score (nSPS) is 18.6. The van der Waals surface area contributed by atoms with Crippen LogP contribution in [-0.4, -0.2) is 48.5 Å². The van der Waals surface area contributed by atoms with E-state index in [1.54, 1.807) is 18.4 Å². The summed E-state index contributed by atoms with van der Waals surface area (Å²) in [5, 5.41) is 12.8. The third-order valence-corrected chi connectivity index (χ3v) is 7.51. The second-order valence-electron chi connectivity index (χ2n) is 9.91. The van der Waals surface area contributed by atoms with Gasteiger partial charge in [-0.3, -0.25) is 9.69 Å². The summed E-state index contributed by atoms with van der Waals surface area (Å²) in [6, 6.07) is 16.3. The number of aromatic nitrogens is 1. The first-order valence-electron chi connectivity index (χ1n) is 12.9. The van der Waals surface area contributed by atoms with Crippen molar-refractivity contribution in [2.24, 2.45) is 11.8 Å². The van der Waals surface area contributed by atoms with Gasteiger partial charge in [0, 0.05) is 25.6 Å². The molecule has 2 aliphatic heterocycles. The van der Waals surface area contributed by atoms with Crippen molar-refractivity contribution in [3.63, 3.8) is 0 Å². The smallest absolute Gasteiger partial charge is 0.266 e. The van der Waals surface area contributed by atoms with Gasteiger partial charge in [-0.15, -0.1) is 0 Å². The zero-order valence-electron chi connectivity index (χ0n) is 20.7. The Balaban J connectivity index is 1.19. The molecule has 2 aliphatic rings. The Morgan fingerprint density at radius 3 is 2.53 bits per heavy atom. The first-order valence-corrected chi connectivity index (χ1v) is 12.9. The highest BCUT2D eigenvalue weighted by molar-refractivity contribution is 5.79. The molecule has 1 atom stereocenters. The van der Waals surface area contributed by atoms with E-state index in [-0.39, 0.29) is 23.6 Å². The van der Waals surface area contributed by atoms with Crippen molar-refractivity contribution in [1.29, 1.82) is 5.26 Å². The van der Waals surface area contributed by atoms with Crippen molar-refractivity contribution in [2.75, 3.05) is 37.6 Å². The zero-order valence-corrected chi connectivity index (χ0v) is 20.7.